The van der Waals surface area contributed by atoms with Crippen molar-refractivity contribution in [2.75, 3.05) is 26.8 Å². The van der Waals surface area contributed by atoms with Gasteiger partial charge in [0.2, 0.25) is 0 Å². The van der Waals surface area contributed by atoms with E-state index in [0.29, 0.717) is 12.6 Å². The first kappa shape index (κ1) is 13.5. The molecule has 1 fully saturated rings. The topological polar surface area (TPSA) is 38.8 Å². The van der Waals surface area contributed by atoms with E-state index in [-0.39, 0.29) is 12.1 Å². The quantitative estimate of drug-likeness (QED) is 0.684. The van der Waals surface area contributed by atoms with Gasteiger partial charge in [0, 0.05) is 19.1 Å². The van der Waals surface area contributed by atoms with Crippen LogP contribution in [0.4, 0.5) is 0 Å². The summed E-state index contributed by atoms with van der Waals surface area (Å²) >= 11 is 0. The second-order valence-corrected chi connectivity index (χ2v) is 5.30. The molecule has 0 amide bonds. The highest BCUT2D eigenvalue weighted by molar-refractivity contribution is 5.76. The van der Waals surface area contributed by atoms with Crippen LogP contribution in [0.15, 0.2) is 0 Å². The monoisotopic (exact) mass is 229 g/mol. The lowest BCUT2D eigenvalue weighted by atomic mass is 9.92. The predicted octanol–water partition coefficient (Wildman–Crippen LogP) is 1.29. The maximum atomic E-state index is 11.6. The van der Waals surface area contributed by atoms with Crippen LogP contribution in [0.25, 0.3) is 0 Å². The highest BCUT2D eigenvalue weighted by Gasteiger charge is 2.34. The molecular formula is C12H23NO3. The van der Waals surface area contributed by atoms with Gasteiger partial charge >= 0.3 is 5.97 Å². The van der Waals surface area contributed by atoms with E-state index in [4.69, 9.17) is 9.47 Å². The molecule has 0 N–H and O–H groups in total. The molecule has 94 valence electrons. The Bertz CT molecular complexity index is 253. The van der Waals surface area contributed by atoms with E-state index < -0.39 is 5.41 Å². The summed E-state index contributed by atoms with van der Waals surface area (Å²) in [4.78, 5) is 13.9. The summed E-state index contributed by atoms with van der Waals surface area (Å²) in [6.45, 7) is 10.4. The molecule has 4 nitrogen and oxygen atoms in total. The first-order valence-electron chi connectivity index (χ1n) is 5.81. The van der Waals surface area contributed by atoms with Crippen LogP contribution in [0.1, 0.15) is 27.7 Å². The summed E-state index contributed by atoms with van der Waals surface area (Å²) < 4.78 is 10.4. The van der Waals surface area contributed by atoms with Crippen LogP contribution < -0.4 is 0 Å². The molecule has 0 aromatic heterocycles. The average Bonchev–Trinajstić information content (AvgIpc) is 2.22. The van der Waals surface area contributed by atoms with Crippen LogP contribution in [0.5, 0.6) is 0 Å². The van der Waals surface area contributed by atoms with Gasteiger partial charge in [-0.05, 0) is 27.7 Å². The molecule has 1 heterocycles. The van der Waals surface area contributed by atoms with Gasteiger partial charge in [-0.2, -0.15) is 0 Å². The zero-order chi connectivity index (χ0) is 12.3. The van der Waals surface area contributed by atoms with Gasteiger partial charge in [-0.15, -0.1) is 0 Å². The molecule has 1 aliphatic heterocycles. The van der Waals surface area contributed by atoms with E-state index >= 15 is 0 Å². The maximum absolute atomic E-state index is 11.6. The molecule has 0 aliphatic carbocycles. The number of methoxy groups -OCH3 is 1. The largest absolute Gasteiger partial charge is 0.469 e. The minimum absolute atomic E-state index is 0.154. The summed E-state index contributed by atoms with van der Waals surface area (Å²) in [5, 5.41) is 0. The number of carbonyl (C=O) groups excluding carboxylic acids is 1. The number of rotatable bonds is 3. The Balaban J connectivity index is 2.60. The smallest absolute Gasteiger partial charge is 0.312 e. The van der Waals surface area contributed by atoms with Gasteiger partial charge in [0.05, 0.1) is 25.2 Å². The molecule has 0 saturated carbocycles. The van der Waals surface area contributed by atoms with Gasteiger partial charge < -0.3 is 9.47 Å². The van der Waals surface area contributed by atoms with Crippen LogP contribution >= 0.6 is 0 Å². The van der Waals surface area contributed by atoms with Gasteiger partial charge in [0.1, 0.15) is 0 Å². The lowest BCUT2D eigenvalue weighted by molar-refractivity contribution is -0.153. The Kier molecular flexibility index (Phi) is 4.33. The van der Waals surface area contributed by atoms with E-state index in [0.717, 1.165) is 13.2 Å². The number of nitrogens with zero attached hydrogens (tertiary/aromatic N) is 1. The van der Waals surface area contributed by atoms with Crippen LogP contribution in [-0.4, -0.2) is 49.8 Å². The Labute approximate surface area is 97.9 Å². The molecule has 1 aliphatic rings. The van der Waals surface area contributed by atoms with Crippen LogP contribution in [0.3, 0.4) is 0 Å². The summed E-state index contributed by atoms with van der Waals surface area (Å²) in [5.41, 5.74) is -0.458. The van der Waals surface area contributed by atoms with Crippen molar-refractivity contribution < 1.29 is 14.3 Å². The number of esters is 1. The second kappa shape index (κ2) is 5.15. The Morgan fingerprint density at radius 2 is 2.12 bits per heavy atom. The number of hydrogen-bond donors (Lipinski definition) is 0. The molecule has 1 saturated heterocycles. The zero-order valence-corrected chi connectivity index (χ0v) is 10.9. The molecule has 2 unspecified atom stereocenters. The van der Waals surface area contributed by atoms with Crippen molar-refractivity contribution in [3.8, 4) is 0 Å². The van der Waals surface area contributed by atoms with Crippen LogP contribution in [0.2, 0.25) is 0 Å². The van der Waals surface area contributed by atoms with E-state index in [1.54, 1.807) is 0 Å². The fraction of sp³-hybridized carbons (Fsp3) is 0.917. The fourth-order valence-corrected chi connectivity index (χ4v) is 2.04. The van der Waals surface area contributed by atoms with E-state index in [2.05, 4.69) is 18.7 Å². The standard InChI is InChI=1S/C12H23NO3/c1-9-7-16-10(2)6-13(9)8-12(3,4)11(14)15-5/h9-10H,6-8H2,1-5H3. The van der Waals surface area contributed by atoms with Crippen molar-refractivity contribution in [3.05, 3.63) is 0 Å². The number of carbonyl (C=O) groups is 1. The summed E-state index contributed by atoms with van der Waals surface area (Å²) in [7, 11) is 1.44. The molecule has 0 aromatic rings. The molecule has 2 atom stereocenters. The highest BCUT2D eigenvalue weighted by atomic mass is 16.5. The van der Waals surface area contributed by atoms with Gasteiger partial charge in [-0.1, -0.05) is 0 Å². The lowest BCUT2D eigenvalue weighted by Gasteiger charge is -2.40. The first-order chi connectivity index (χ1) is 7.36. The van der Waals surface area contributed by atoms with E-state index in [9.17, 15) is 4.79 Å². The lowest BCUT2D eigenvalue weighted by Crippen LogP contribution is -2.52. The molecule has 0 radical (unpaired) electrons. The Morgan fingerprint density at radius 3 is 2.69 bits per heavy atom. The third-order valence-electron chi connectivity index (χ3n) is 3.07. The van der Waals surface area contributed by atoms with Crippen molar-refractivity contribution in [2.45, 2.75) is 39.8 Å². The van der Waals surface area contributed by atoms with Crippen molar-refractivity contribution >= 4 is 5.97 Å². The summed E-state index contributed by atoms with van der Waals surface area (Å²) in [6.07, 6.45) is 0.240. The predicted molar refractivity (Wildman–Crippen MR) is 62.2 cm³/mol. The van der Waals surface area contributed by atoms with Gasteiger partial charge in [-0.3, -0.25) is 9.69 Å². The molecule has 4 heteroatoms. The molecule has 0 bridgehead atoms. The van der Waals surface area contributed by atoms with Crippen molar-refractivity contribution in [1.82, 2.24) is 4.90 Å². The van der Waals surface area contributed by atoms with Gasteiger partial charge in [0.15, 0.2) is 0 Å². The number of hydrogen-bond acceptors (Lipinski definition) is 4. The van der Waals surface area contributed by atoms with E-state index in [1.165, 1.54) is 7.11 Å². The molecular weight excluding hydrogens is 206 g/mol. The second-order valence-electron chi connectivity index (χ2n) is 5.30. The van der Waals surface area contributed by atoms with Crippen LogP contribution in [0, 0.1) is 5.41 Å². The summed E-state index contributed by atoms with van der Waals surface area (Å²) in [5.74, 6) is -0.154. The molecule has 1 rings (SSSR count). The normalized spacial score (nSPS) is 27.8. The first-order valence-corrected chi connectivity index (χ1v) is 5.81. The Morgan fingerprint density at radius 1 is 1.50 bits per heavy atom. The molecule has 0 aromatic carbocycles. The zero-order valence-electron chi connectivity index (χ0n) is 10.9. The average molecular weight is 229 g/mol. The minimum Gasteiger partial charge on any atom is -0.469 e. The van der Waals surface area contributed by atoms with Crippen molar-refractivity contribution in [2.24, 2.45) is 5.41 Å². The number of morpholine rings is 1. The van der Waals surface area contributed by atoms with Crippen molar-refractivity contribution in [3.63, 3.8) is 0 Å². The third-order valence-corrected chi connectivity index (χ3v) is 3.07. The SMILES string of the molecule is COC(=O)C(C)(C)CN1CC(C)OCC1C. The Hall–Kier alpha value is -0.610. The van der Waals surface area contributed by atoms with Gasteiger partial charge in [-0.25, -0.2) is 0 Å². The fourth-order valence-electron chi connectivity index (χ4n) is 2.04. The molecule has 0 spiro atoms. The van der Waals surface area contributed by atoms with Crippen molar-refractivity contribution in [1.29, 1.82) is 0 Å². The van der Waals surface area contributed by atoms with Crippen LogP contribution in [-0.2, 0) is 14.3 Å². The number of ether oxygens (including phenoxy) is 2. The molecule has 16 heavy (non-hydrogen) atoms. The third kappa shape index (κ3) is 3.19. The summed E-state index contributed by atoms with van der Waals surface area (Å²) in [6, 6.07) is 0.361. The van der Waals surface area contributed by atoms with E-state index in [1.807, 2.05) is 13.8 Å². The minimum atomic E-state index is -0.458. The van der Waals surface area contributed by atoms with Gasteiger partial charge in [0.25, 0.3) is 0 Å². The maximum Gasteiger partial charge on any atom is 0.312 e. The highest BCUT2D eigenvalue weighted by Crippen LogP contribution is 2.22.